The molecule has 1 aliphatic rings. The van der Waals surface area contributed by atoms with Crippen molar-refractivity contribution >= 4 is 11.6 Å². The number of morpholine rings is 1. The molecule has 1 aromatic heterocycles. The van der Waals surface area contributed by atoms with Gasteiger partial charge in [0, 0.05) is 19.3 Å². The lowest BCUT2D eigenvalue weighted by Gasteiger charge is -2.23. The highest BCUT2D eigenvalue weighted by Gasteiger charge is 2.15. The van der Waals surface area contributed by atoms with Crippen molar-refractivity contribution < 1.29 is 4.74 Å². The Bertz CT molecular complexity index is 287. The van der Waals surface area contributed by atoms with E-state index in [1.54, 1.807) is 6.20 Å². The van der Waals surface area contributed by atoms with Crippen molar-refractivity contribution in [2.45, 2.75) is 6.10 Å². The first-order chi connectivity index (χ1) is 6.36. The molecule has 13 heavy (non-hydrogen) atoms. The first kappa shape index (κ1) is 8.94. The number of hydrogen-bond acceptors (Lipinski definition) is 3. The molecule has 1 aliphatic heterocycles. The summed E-state index contributed by atoms with van der Waals surface area (Å²) >= 11 is 5.78. The second-order valence-corrected chi connectivity index (χ2v) is 3.36. The van der Waals surface area contributed by atoms with E-state index < -0.39 is 0 Å². The smallest absolute Gasteiger partial charge is 0.129 e. The van der Waals surface area contributed by atoms with Crippen LogP contribution in [0.1, 0.15) is 11.7 Å². The first-order valence-corrected chi connectivity index (χ1v) is 4.68. The summed E-state index contributed by atoms with van der Waals surface area (Å²) < 4.78 is 5.57. The number of halogens is 1. The minimum absolute atomic E-state index is 0.120. The number of aromatic nitrogens is 1. The van der Waals surface area contributed by atoms with Crippen molar-refractivity contribution in [3.63, 3.8) is 0 Å². The number of ether oxygens (including phenoxy) is 1. The molecule has 1 atom stereocenters. The average molecular weight is 199 g/mol. The first-order valence-electron chi connectivity index (χ1n) is 4.30. The molecule has 0 amide bonds. The third kappa shape index (κ3) is 2.18. The Labute approximate surface area is 82.1 Å². The average Bonchev–Trinajstić information content (AvgIpc) is 2.19. The van der Waals surface area contributed by atoms with Gasteiger partial charge >= 0.3 is 0 Å². The lowest BCUT2D eigenvalue weighted by molar-refractivity contribution is 0.0276. The van der Waals surface area contributed by atoms with Gasteiger partial charge in [0.05, 0.1) is 12.7 Å². The SMILES string of the molecule is Clc1cc(C2CNCCO2)ccn1. The summed E-state index contributed by atoms with van der Waals surface area (Å²) in [7, 11) is 0. The van der Waals surface area contributed by atoms with Gasteiger partial charge in [-0.15, -0.1) is 0 Å². The standard InChI is InChI=1S/C9H11ClN2O/c10-9-5-7(1-2-12-9)8-6-11-3-4-13-8/h1-2,5,8,11H,3-4,6H2. The Morgan fingerprint density at radius 2 is 2.54 bits per heavy atom. The Balaban J connectivity index is 2.14. The van der Waals surface area contributed by atoms with Crippen LogP contribution in [0.5, 0.6) is 0 Å². The molecule has 3 nitrogen and oxygen atoms in total. The monoisotopic (exact) mass is 198 g/mol. The zero-order valence-electron chi connectivity index (χ0n) is 7.16. The largest absolute Gasteiger partial charge is 0.371 e. The zero-order valence-corrected chi connectivity index (χ0v) is 7.92. The number of hydrogen-bond donors (Lipinski definition) is 1. The summed E-state index contributed by atoms with van der Waals surface area (Å²) in [6.45, 7) is 2.53. The maximum absolute atomic E-state index is 5.78. The van der Waals surface area contributed by atoms with Gasteiger partial charge < -0.3 is 10.1 Å². The third-order valence-electron chi connectivity index (χ3n) is 2.05. The fourth-order valence-corrected chi connectivity index (χ4v) is 1.58. The van der Waals surface area contributed by atoms with Crippen molar-refractivity contribution in [2.24, 2.45) is 0 Å². The van der Waals surface area contributed by atoms with Crippen LogP contribution >= 0.6 is 11.6 Å². The Morgan fingerprint density at radius 3 is 3.23 bits per heavy atom. The number of nitrogens with zero attached hydrogens (tertiary/aromatic N) is 1. The Hall–Kier alpha value is -0.640. The topological polar surface area (TPSA) is 34.1 Å². The molecule has 2 rings (SSSR count). The van der Waals surface area contributed by atoms with Crippen LogP contribution in [0.25, 0.3) is 0 Å². The summed E-state index contributed by atoms with van der Waals surface area (Å²) in [5.74, 6) is 0. The van der Waals surface area contributed by atoms with Gasteiger partial charge in [-0.25, -0.2) is 4.98 Å². The number of nitrogens with one attached hydrogen (secondary N) is 1. The van der Waals surface area contributed by atoms with Crippen LogP contribution in [0, 0.1) is 0 Å². The van der Waals surface area contributed by atoms with Crippen LogP contribution in [0.3, 0.4) is 0 Å². The summed E-state index contributed by atoms with van der Waals surface area (Å²) in [6, 6.07) is 3.78. The lowest BCUT2D eigenvalue weighted by atomic mass is 10.1. The minimum Gasteiger partial charge on any atom is -0.371 e. The second-order valence-electron chi connectivity index (χ2n) is 2.98. The van der Waals surface area contributed by atoms with Gasteiger partial charge in [-0.2, -0.15) is 0 Å². The van der Waals surface area contributed by atoms with Crippen molar-refractivity contribution in [1.29, 1.82) is 0 Å². The molecule has 0 saturated carbocycles. The summed E-state index contributed by atoms with van der Waals surface area (Å²) in [5, 5.41) is 3.78. The predicted octanol–water partition coefficient (Wildman–Crippen LogP) is 1.40. The fourth-order valence-electron chi connectivity index (χ4n) is 1.40. The molecule has 1 aromatic rings. The molecule has 1 N–H and O–H groups in total. The van der Waals surface area contributed by atoms with Gasteiger partial charge in [-0.3, -0.25) is 0 Å². The molecule has 70 valence electrons. The molecule has 1 unspecified atom stereocenters. The Morgan fingerprint density at radius 1 is 1.62 bits per heavy atom. The van der Waals surface area contributed by atoms with Crippen molar-refractivity contribution in [3.05, 3.63) is 29.0 Å². The van der Waals surface area contributed by atoms with E-state index in [0.29, 0.717) is 5.15 Å². The molecule has 0 aromatic carbocycles. The maximum Gasteiger partial charge on any atom is 0.129 e. The normalized spacial score (nSPS) is 23.0. The summed E-state index contributed by atoms with van der Waals surface area (Å²) in [4.78, 5) is 3.92. The predicted molar refractivity (Wildman–Crippen MR) is 50.8 cm³/mol. The van der Waals surface area contributed by atoms with Crippen LogP contribution in [0.15, 0.2) is 18.3 Å². The minimum atomic E-state index is 0.120. The van der Waals surface area contributed by atoms with Crippen molar-refractivity contribution in [3.8, 4) is 0 Å². The van der Waals surface area contributed by atoms with E-state index in [1.165, 1.54) is 0 Å². The highest BCUT2D eigenvalue weighted by molar-refractivity contribution is 6.29. The van der Waals surface area contributed by atoms with Crippen molar-refractivity contribution in [1.82, 2.24) is 10.3 Å². The van der Waals surface area contributed by atoms with Gasteiger partial charge in [0.25, 0.3) is 0 Å². The number of rotatable bonds is 1. The van der Waals surface area contributed by atoms with Gasteiger partial charge in [0.15, 0.2) is 0 Å². The van der Waals surface area contributed by atoms with E-state index in [2.05, 4.69) is 10.3 Å². The third-order valence-corrected chi connectivity index (χ3v) is 2.26. The van der Waals surface area contributed by atoms with Gasteiger partial charge in [0.2, 0.25) is 0 Å². The molecular formula is C9H11ClN2O. The van der Waals surface area contributed by atoms with E-state index in [-0.39, 0.29) is 6.10 Å². The van der Waals surface area contributed by atoms with E-state index in [1.807, 2.05) is 12.1 Å². The molecule has 0 spiro atoms. The fraction of sp³-hybridized carbons (Fsp3) is 0.444. The molecule has 1 fully saturated rings. The van der Waals surface area contributed by atoms with Crippen LogP contribution in [0.2, 0.25) is 5.15 Å². The second kappa shape index (κ2) is 4.05. The van der Waals surface area contributed by atoms with E-state index >= 15 is 0 Å². The van der Waals surface area contributed by atoms with Crippen LogP contribution in [-0.4, -0.2) is 24.7 Å². The van der Waals surface area contributed by atoms with E-state index in [4.69, 9.17) is 16.3 Å². The molecule has 0 aliphatic carbocycles. The van der Waals surface area contributed by atoms with Gasteiger partial charge in [-0.05, 0) is 17.7 Å². The van der Waals surface area contributed by atoms with Crippen molar-refractivity contribution in [2.75, 3.05) is 19.7 Å². The molecule has 2 heterocycles. The Kier molecular flexibility index (Phi) is 2.78. The molecular weight excluding hydrogens is 188 g/mol. The van der Waals surface area contributed by atoms with E-state index in [9.17, 15) is 0 Å². The van der Waals surface area contributed by atoms with Crippen LogP contribution < -0.4 is 5.32 Å². The quantitative estimate of drug-likeness (QED) is 0.693. The molecule has 4 heteroatoms. The van der Waals surface area contributed by atoms with Gasteiger partial charge in [-0.1, -0.05) is 11.6 Å². The zero-order chi connectivity index (χ0) is 9.10. The lowest BCUT2D eigenvalue weighted by Crippen LogP contribution is -2.33. The molecule has 1 saturated heterocycles. The van der Waals surface area contributed by atoms with Crippen LogP contribution in [-0.2, 0) is 4.74 Å². The van der Waals surface area contributed by atoms with E-state index in [0.717, 1.165) is 25.3 Å². The van der Waals surface area contributed by atoms with Crippen LogP contribution in [0.4, 0.5) is 0 Å². The molecule has 0 radical (unpaired) electrons. The highest BCUT2D eigenvalue weighted by atomic mass is 35.5. The molecule has 0 bridgehead atoms. The highest BCUT2D eigenvalue weighted by Crippen LogP contribution is 2.19. The maximum atomic E-state index is 5.78. The number of pyridine rings is 1. The summed E-state index contributed by atoms with van der Waals surface area (Å²) in [5.41, 5.74) is 1.09. The summed E-state index contributed by atoms with van der Waals surface area (Å²) in [6.07, 6.45) is 1.82. The van der Waals surface area contributed by atoms with Gasteiger partial charge in [0.1, 0.15) is 5.15 Å².